The molecule has 0 unspecified atom stereocenters. The van der Waals surface area contributed by atoms with E-state index in [9.17, 15) is 0 Å². The Labute approximate surface area is 88.7 Å². The van der Waals surface area contributed by atoms with Crippen molar-refractivity contribution in [3.05, 3.63) is 53.7 Å². The number of aryl methyl sites for hydroxylation is 2. The second-order valence-electron chi connectivity index (χ2n) is 3.24. The van der Waals surface area contributed by atoms with Crippen molar-refractivity contribution in [2.75, 3.05) is 0 Å². The van der Waals surface area contributed by atoms with Crippen LogP contribution in [0.15, 0.2) is 42.5 Å². The Morgan fingerprint density at radius 1 is 1.07 bits per heavy atom. The van der Waals surface area contributed by atoms with Crippen molar-refractivity contribution in [2.24, 2.45) is 0 Å². The Kier molecular flexibility index (Phi) is 1.54. The van der Waals surface area contributed by atoms with E-state index in [1.54, 1.807) is 24.3 Å². The highest BCUT2D eigenvalue weighted by Crippen LogP contribution is 2.17. The van der Waals surface area contributed by atoms with Crippen LogP contribution < -0.4 is 0 Å². The molecule has 1 aromatic heterocycles. The number of benzene rings is 1. The normalized spacial score (nSPS) is 14.2. The van der Waals surface area contributed by atoms with Gasteiger partial charge < -0.3 is 0 Å². The van der Waals surface area contributed by atoms with Crippen LogP contribution in [-0.4, -0.2) is 4.98 Å². The molecule has 0 spiro atoms. The van der Waals surface area contributed by atoms with E-state index in [2.05, 4.69) is 4.98 Å². The molecule has 0 radical (unpaired) electrons. The molecule has 0 N–H and O–H groups in total. The molecule has 0 atom stereocenters. The van der Waals surface area contributed by atoms with Crippen molar-refractivity contribution in [1.82, 2.24) is 4.98 Å². The van der Waals surface area contributed by atoms with Crippen LogP contribution in [0.4, 0.5) is 0 Å². The van der Waals surface area contributed by atoms with Gasteiger partial charge in [-0.05, 0) is 25.9 Å². The summed E-state index contributed by atoms with van der Waals surface area (Å²) in [6.45, 7) is -0.112. The summed E-state index contributed by atoms with van der Waals surface area (Å²) < 4.78 is 21.9. The maximum atomic E-state index is 7.30. The minimum absolute atomic E-state index is 0.355. The molecule has 0 fully saturated rings. The van der Waals surface area contributed by atoms with Gasteiger partial charge in [0.2, 0.25) is 0 Å². The van der Waals surface area contributed by atoms with Crippen molar-refractivity contribution >= 4 is 0 Å². The van der Waals surface area contributed by atoms with Gasteiger partial charge in [0, 0.05) is 15.4 Å². The Bertz CT molecular complexity index is 515. The molecule has 0 saturated carbocycles. The van der Waals surface area contributed by atoms with Crippen LogP contribution in [0.2, 0.25) is 0 Å². The van der Waals surface area contributed by atoms with Crippen molar-refractivity contribution in [1.29, 1.82) is 0 Å². The highest BCUT2D eigenvalue weighted by atomic mass is 14.7. The van der Waals surface area contributed by atoms with E-state index < -0.39 is 6.85 Å². The summed E-state index contributed by atoms with van der Waals surface area (Å²) in [5.74, 6) is 0. The molecule has 2 aromatic rings. The summed E-state index contributed by atoms with van der Waals surface area (Å²) in [7, 11) is 0. The van der Waals surface area contributed by atoms with Crippen LogP contribution in [0, 0.1) is 13.8 Å². The van der Waals surface area contributed by atoms with Gasteiger partial charge in [-0.1, -0.05) is 35.9 Å². The van der Waals surface area contributed by atoms with Crippen molar-refractivity contribution in [3.63, 3.8) is 0 Å². The molecule has 0 aliphatic carbocycles. The van der Waals surface area contributed by atoms with Gasteiger partial charge in [0.05, 0.1) is 5.69 Å². The minimum atomic E-state index is -2.04. The van der Waals surface area contributed by atoms with Gasteiger partial charge >= 0.3 is 0 Å². The van der Waals surface area contributed by atoms with Crippen LogP contribution >= 0.6 is 0 Å². The molecule has 1 heterocycles. The Hall–Kier alpha value is -1.63. The van der Waals surface area contributed by atoms with Crippen LogP contribution in [0.1, 0.15) is 15.4 Å². The lowest BCUT2D eigenvalue weighted by Crippen LogP contribution is -1.85. The van der Waals surface area contributed by atoms with Gasteiger partial charge in [0.15, 0.2) is 0 Å². The summed E-state index contributed by atoms with van der Waals surface area (Å²) in [5.41, 5.74) is 3.10. The lowest BCUT2D eigenvalue weighted by molar-refractivity contribution is 1.20. The summed E-state index contributed by atoms with van der Waals surface area (Å²) in [4.78, 5) is 4.39. The Morgan fingerprint density at radius 2 is 1.86 bits per heavy atom. The second kappa shape index (κ2) is 3.62. The van der Waals surface area contributed by atoms with Crippen LogP contribution in [-0.2, 0) is 0 Å². The molecule has 14 heavy (non-hydrogen) atoms. The molecule has 1 aromatic carbocycles. The minimum Gasteiger partial charge on any atom is -0.253 e. The van der Waals surface area contributed by atoms with Gasteiger partial charge in [-0.25, -0.2) is 0 Å². The van der Waals surface area contributed by atoms with Crippen molar-refractivity contribution in [3.8, 4) is 11.3 Å². The standard InChI is InChI=1S/C13H13N/c1-10-6-8-12(9-7-10)13-5-3-4-11(2)14-13/h3-9H,1-2H3/i1D3. The summed E-state index contributed by atoms with van der Waals surface area (Å²) >= 11 is 0. The van der Waals surface area contributed by atoms with Gasteiger partial charge in [-0.2, -0.15) is 0 Å². The zero-order valence-corrected chi connectivity index (χ0v) is 7.99. The monoisotopic (exact) mass is 186 g/mol. The average Bonchev–Trinajstić information content (AvgIpc) is 2.28. The molecule has 1 nitrogen and oxygen atoms in total. The predicted octanol–water partition coefficient (Wildman–Crippen LogP) is 3.37. The van der Waals surface area contributed by atoms with E-state index in [1.165, 1.54) is 0 Å². The molecule has 0 amide bonds. The van der Waals surface area contributed by atoms with E-state index in [0.717, 1.165) is 17.0 Å². The molecule has 0 aliphatic heterocycles. The fourth-order valence-electron chi connectivity index (χ4n) is 1.34. The maximum absolute atomic E-state index is 7.30. The first kappa shape index (κ1) is 5.97. The summed E-state index contributed by atoms with van der Waals surface area (Å²) in [6.07, 6.45) is 0. The predicted molar refractivity (Wildman–Crippen MR) is 59.1 cm³/mol. The van der Waals surface area contributed by atoms with Gasteiger partial charge in [0.25, 0.3) is 0 Å². The zero-order chi connectivity index (χ0) is 12.5. The van der Waals surface area contributed by atoms with E-state index in [1.807, 2.05) is 25.1 Å². The number of pyridine rings is 1. The van der Waals surface area contributed by atoms with Crippen molar-refractivity contribution in [2.45, 2.75) is 13.8 Å². The Morgan fingerprint density at radius 3 is 2.50 bits per heavy atom. The molecule has 0 bridgehead atoms. The third-order valence-corrected chi connectivity index (χ3v) is 2.07. The number of nitrogens with zero attached hydrogens (tertiary/aromatic N) is 1. The average molecular weight is 186 g/mol. The maximum Gasteiger partial charge on any atom is 0.0705 e. The summed E-state index contributed by atoms with van der Waals surface area (Å²) in [5, 5.41) is 0. The molecular weight excluding hydrogens is 170 g/mol. The second-order valence-corrected chi connectivity index (χ2v) is 3.24. The first-order valence-corrected chi connectivity index (χ1v) is 4.51. The lowest BCUT2D eigenvalue weighted by Gasteiger charge is -2.01. The third-order valence-electron chi connectivity index (χ3n) is 2.07. The van der Waals surface area contributed by atoms with Crippen LogP contribution in [0.3, 0.4) is 0 Å². The molecule has 70 valence electrons. The Balaban J connectivity index is 2.36. The lowest BCUT2D eigenvalue weighted by atomic mass is 10.1. The van der Waals surface area contributed by atoms with E-state index in [4.69, 9.17) is 4.11 Å². The first-order valence-electron chi connectivity index (χ1n) is 6.01. The SMILES string of the molecule is [2H]C([2H])([2H])c1ccc(-c2cccc(C)n2)cc1. The topological polar surface area (TPSA) is 12.9 Å². The van der Waals surface area contributed by atoms with Crippen LogP contribution in [0.5, 0.6) is 0 Å². The van der Waals surface area contributed by atoms with E-state index in [0.29, 0.717) is 5.56 Å². The number of rotatable bonds is 1. The molecule has 0 saturated heterocycles. The molecular formula is C13H13N. The largest absolute Gasteiger partial charge is 0.253 e. The van der Waals surface area contributed by atoms with Crippen molar-refractivity contribution < 1.29 is 4.11 Å². The molecule has 2 rings (SSSR count). The first-order chi connectivity index (χ1) is 7.97. The highest BCUT2D eigenvalue weighted by Gasteiger charge is 1.97. The molecule has 1 heteroatoms. The molecule has 0 aliphatic rings. The third kappa shape index (κ3) is 1.82. The van der Waals surface area contributed by atoms with Crippen LogP contribution in [0.25, 0.3) is 11.3 Å². The fraction of sp³-hybridized carbons (Fsp3) is 0.154. The number of hydrogen-bond donors (Lipinski definition) is 0. The van der Waals surface area contributed by atoms with E-state index in [-0.39, 0.29) is 0 Å². The number of aromatic nitrogens is 1. The van der Waals surface area contributed by atoms with Gasteiger partial charge in [-0.15, -0.1) is 0 Å². The highest BCUT2D eigenvalue weighted by molar-refractivity contribution is 5.59. The van der Waals surface area contributed by atoms with Gasteiger partial charge in [-0.3, -0.25) is 4.98 Å². The summed E-state index contributed by atoms with van der Waals surface area (Å²) in [6, 6.07) is 12.6. The fourth-order valence-corrected chi connectivity index (χ4v) is 1.34. The smallest absolute Gasteiger partial charge is 0.0705 e. The van der Waals surface area contributed by atoms with Gasteiger partial charge in [0.1, 0.15) is 0 Å². The number of hydrogen-bond acceptors (Lipinski definition) is 1. The quantitative estimate of drug-likeness (QED) is 0.665. The van der Waals surface area contributed by atoms with E-state index >= 15 is 0 Å². The zero-order valence-electron chi connectivity index (χ0n) is 11.0.